The van der Waals surface area contributed by atoms with Crippen molar-refractivity contribution in [2.24, 2.45) is 0 Å². The summed E-state index contributed by atoms with van der Waals surface area (Å²) in [5.74, 6) is -0.172. The summed E-state index contributed by atoms with van der Waals surface area (Å²) in [6.07, 6.45) is 3.01. The first-order valence-electron chi connectivity index (χ1n) is 8.13. The van der Waals surface area contributed by atoms with Gasteiger partial charge in [-0.15, -0.1) is 11.3 Å². The number of carbonyl (C=O) groups is 2. The quantitative estimate of drug-likeness (QED) is 0.549. The van der Waals surface area contributed by atoms with Crippen LogP contribution in [0.2, 0.25) is 0 Å². The first kappa shape index (κ1) is 19.5. The molecule has 26 heavy (non-hydrogen) atoms. The van der Waals surface area contributed by atoms with Crippen LogP contribution in [0.25, 0.3) is 6.08 Å². The first-order chi connectivity index (χ1) is 12.3. The molecule has 1 aromatic rings. The van der Waals surface area contributed by atoms with E-state index in [1.807, 2.05) is 23.6 Å². The Kier molecular flexibility index (Phi) is 6.16. The Morgan fingerprint density at radius 3 is 2.92 bits per heavy atom. The van der Waals surface area contributed by atoms with Gasteiger partial charge in [-0.3, -0.25) is 14.5 Å². The summed E-state index contributed by atoms with van der Waals surface area (Å²) in [6.45, 7) is 0.378. The molecule has 2 fully saturated rings. The third-order valence-electron chi connectivity index (χ3n) is 4.07. The van der Waals surface area contributed by atoms with Crippen molar-refractivity contribution in [2.75, 3.05) is 18.1 Å². The van der Waals surface area contributed by atoms with Crippen LogP contribution in [0.5, 0.6) is 0 Å². The molecule has 1 N–H and O–H groups in total. The van der Waals surface area contributed by atoms with Crippen molar-refractivity contribution in [3.63, 3.8) is 0 Å². The largest absolute Gasteiger partial charge is 0.352 e. The van der Waals surface area contributed by atoms with Gasteiger partial charge in [0, 0.05) is 23.9 Å². The molecule has 0 aromatic carbocycles. The van der Waals surface area contributed by atoms with Gasteiger partial charge in [-0.1, -0.05) is 30.0 Å². The number of sulfone groups is 1. The molecule has 2 saturated heterocycles. The molecule has 3 rings (SSSR count). The van der Waals surface area contributed by atoms with E-state index in [1.54, 1.807) is 11.3 Å². The fourth-order valence-corrected chi connectivity index (χ4v) is 6.51. The molecule has 6 nitrogen and oxygen atoms in total. The zero-order valence-electron chi connectivity index (χ0n) is 13.8. The van der Waals surface area contributed by atoms with Gasteiger partial charge < -0.3 is 5.32 Å². The van der Waals surface area contributed by atoms with Crippen molar-refractivity contribution in [1.29, 1.82) is 0 Å². The highest BCUT2D eigenvalue weighted by molar-refractivity contribution is 8.26. The lowest BCUT2D eigenvalue weighted by Crippen LogP contribution is -2.36. The SMILES string of the molecule is O=C(CCCN1C(=O)C(=Cc2cccs2)SC1=S)NC1CCS(=O)(=O)C1. The summed E-state index contributed by atoms with van der Waals surface area (Å²) in [4.78, 5) is 27.5. The van der Waals surface area contributed by atoms with E-state index in [4.69, 9.17) is 12.2 Å². The molecule has 2 amide bonds. The van der Waals surface area contributed by atoms with Gasteiger partial charge in [0.15, 0.2) is 9.84 Å². The normalized spacial score (nSPS) is 23.8. The molecule has 0 bridgehead atoms. The second-order valence-corrected chi connectivity index (χ2v) is 11.0. The van der Waals surface area contributed by atoms with E-state index >= 15 is 0 Å². The molecular formula is C16H18N2O4S4. The number of hydrogen-bond acceptors (Lipinski definition) is 7. The average Bonchev–Trinajstić information content (AvgIpc) is 3.25. The van der Waals surface area contributed by atoms with Crippen LogP contribution in [0.4, 0.5) is 0 Å². The lowest BCUT2D eigenvalue weighted by atomic mass is 10.2. The summed E-state index contributed by atoms with van der Waals surface area (Å²) < 4.78 is 23.3. The summed E-state index contributed by atoms with van der Waals surface area (Å²) >= 11 is 8.10. The van der Waals surface area contributed by atoms with Gasteiger partial charge in [0.05, 0.1) is 16.4 Å². The number of thioether (sulfide) groups is 1. The van der Waals surface area contributed by atoms with Crippen molar-refractivity contribution in [1.82, 2.24) is 10.2 Å². The summed E-state index contributed by atoms with van der Waals surface area (Å²) in [6, 6.07) is 3.56. The summed E-state index contributed by atoms with van der Waals surface area (Å²) in [5, 5.41) is 4.70. The lowest BCUT2D eigenvalue weighted by Gasteiger charge is -2.15. The highest BCUT2D eigenvalue weighted by Gasteiger charge is 2.32. The number of amides is 2. The Hall–Kier alpha value is -1.23. The predicted molar refractivity (Wildman–Crippen MR) is 109 cm³/mol. The number of thiophene rings is 1. The molecule has 2 aliphatic rings. The van der Waals surface area contributed by atoms with Crippen LogP contribution in [-0.2, 0) is 19.4 Å². The van der Waals surface area contributed by atoms with Crippen LogP contribution in [0.15, 0.2) is 22.4 Å². The van der Waals surface area contributed by atoms with E-state index in [2.05, 4.69) is 5.32 Å². The van der Waals surface area contributed by atoms with Gasteiger partial charge in [-0.25, -0.2) is 8.42 Å². The molecule has 0 spiro atoms. The van der Waals surface area contributed by atoms with Crippen LogP contribution >= 0.6 is 35.3 Å². The number of carbonyl (C=O) groups excluding carboxylic acids is 2. The highest BCUT2D eigenvalue weighted by atomic mass is 32.2. The van der Waals surface area contributed by atoms with E-state index in [0.717, 1.165) is 4.88 Å². The van der Waals surface area contributed by atoms with E-state index < -0.39 is 9.84 Å². The Morgan fingerprint density at radius 2 is 2.27 bits per heavy atom. The van der Waals surface area contributed by atoms with E-state index in [1.165, 1.54) is 16.7 Å². The number of rotatable bonds is 6. The summed E-state index contributed by atoms with van der Waals surface area (Å²) in [7, 11) is -3.01. The molecule has 0 radical (unpaired) electrons. The van der Waals surface area contributed by atoms with E-state index in [9.17, 15) is 18.0 Å². The molecule has 10 heteroatoms. The third-order valence-corrected chi connectivity index (χ3v) is 8.04. The predicted octanol–water partition coefficient (Wildman–Crippen LogP) is 2.03. The van der Waals surface area contributed by atoms with Crippen molar-refractivity contribution in [3.05, 3.63) is 27.3 Å². The standard InChI is InChI=1S/C16H18N2O4S4/c19-14(17-11-5-8-26(21,22)10-11)4-1-6-18-15(20)13(25-16(18)23)9-12-3-2-7-24-12/h2-3,7,9,11H,1,4-6,8,10H2,(H,17,19). The minimum Gasteiger partial charge on any atom is -0.352 e. The van der Waals surface area contributed by atoms with Gasteiger partial charge in [-0.2, -0.15) is 0 Å². The Morgan fingerprint density at radius 1 is 1.46 bits per heavy atom. The van der Waals surface area contributed by atoms with Crippen molar-refractivity contribution in [2.45, 2.75) is 25.3 Å². The van der Waals surface area contributed by atoms with Crippen LogP contribution in [-0.4, -0.2) is 53.5 Å². The minimum atomic E-state index is -3.01. The van der Waals surface area contributed by atoms with Crippen molar-refractivity contribution in [3.8, 4) is 0 Å². The maximum atomic E-state index is 12.5. The number of hydrogen-bond donors (Lipinski definition) is 1. The smallest absolute Gasteiger partial charge is 0.266 e. The molecule has 3 heterocycles. The van der Waals surface area contributed by atoms with Crippen LogP contribution in [0, 0.1) is 0 Å². The van der Waals surface area contributed by atoms with Crippen LogP contribution in [0.1, 0.15) is 24.1 Å². The molecule has 140 valence electrons. The van der Waals surface area contributed by atoms with Crippen LogP contribution < -0.4 is 5.32 Å². The highest BCUT2D eigenvalue weighted by Crippen LogP contribution is 2.33. The zero-order valence-corrected chi connectivity index (χ0v) is 17.1. The van der Waals surface area contributed by atoms with Crippen molar-refractivity contribution >= 4 is 67.4 Å². The van der Waals surface area contributed by atoms with Gasteiger partial charge in [-0.05, 0) is 30.4 Å². The second-order valence-electron chi connectivity index (χ2n) is 6.12. The van der Waals surface area contributed by atoms with Crippen LogP contribution in [0.3, 0.4) is 0 Å². The van der Waals surface area contributed by atoms with E-state index in [-0.39, 0.29) is 35.8 Å². The molecule has 1 unspecified atom stereocenters. The van der Waals surface area contributed by atoms with Gasteiger partial charge in [0.2, 0.25) is 5.91 Å². The minimum absolute atomic E-state index is 0.0148. The Labute approximate surface area is 165 Å². The molecule has 0 saturated carbocycles. The maximum absolute atomic E-state index is 12.5. The second kappa shape index (κ2) is 8.20. The van der Waals surface area contributed by atoms with Gasteiger partial charge in [0.25, 0.3) is 5.91 Å². The third kappa shape index (κ3) is 4.93. The number of nitrogens with one attached hydrogen (secondary N) is 1. The zero-order chi connectivity index (χ0) is 18.7. The molecule has 0 aliphatic carbocycles. The molecular weight excluding hydrogens is 412 g/mol. The lowest BCUT2D eigenvalue weighted by molar-refractivity contribution is -0.124. The topological polar surface area (TPSA) is 83.6 Å². The number of nitrogens with zero attached hydrogens (tertiary/aromatic N) is 1. The van der Waals surface area contributed by atoms with Gasteiger partial charge in [0.1, 0.15) is 4.32 Å². The monoisotopic (exact) mass is 430 g/mol. The van der Waals surface area contributed by atoms with Gasteiger partial charge >= 0.3 is 0 Å². The number of thiocarbonyl (C=S) groups is 1. The molecule has 1 atom stereocenters. The Bertz CT molecular complexity index is 846. The maximum Gasteiger partial charge on any atom is 0.266 e. The van der Waals surface area contributed by atoms with E-state index in [0.29, 0.717) is 28.6 Å². The molecule has 2 aliphatic heterocycles. The first-order valence-corrected chi connectivity index (χ1v) is 12.1. The average molecular weight is 431 g/mol. The Balaban J connectivity index is 1.46. The van der Waals surface area contributed by atoms with Crippen molar-refractivity contribution < 1.29 is 18.0 Å². The molecule has 1 aromatic heterocycles. The fraction of sp³-hybridized carbons (Fsp3) is 0.438. The fourth-order valence-electron chi connectivity index (χ4n) is 2.80. The summed E-state index contributed by atoms with van der Waals surface area (Å²) in [5.41, 5.74) is 0.